The molecule has 1 aliphatic rings. The number of rotatable bonds is 7. The summed E-state index contributed by atoms with van der Waals surface area (Å²) in [5.41, 5.74) is 1.45. The lowest BCUT2D eigenvalue weighted by Gasteiger charge is -2.08. The van der Waals surface area contributed by atoms with Gasteiger partial charge >= 0.3 is 12.0 Å². The van der Waals surface area contributed by atoms with Crippen molar-refractivity contribution in [2.75, 3.05) is 13.1 Å². The van der Waals surface area contributed by atoms with E-state index in [-0.39, 0.29) is 12.5 Å². The molecule has 0 heterocycles. The normalized spacial score (nSPS) is 15.3. The molecule has 0 aromatic carbocycles. The molecular formula is C14H24N2O3. The van der Waals surface area contributed by atoms with Crippen LogP contribution in [0.2, 0.25) is 0 Å². The second-order valence-electron chi connectivity index (χ2n) is 4.89. The first-order valence-corrected chi connectivity index (χ1v) is 7.10. The highest BCUT2D eigenvalue weighted by Gasteiger charge is 2.04. The summed E-state index contributed by atoms with van der Waals surface area (Å²) in [7, 11) is 0. The summed E-state index contributed by atoms with van der Waals surface area (Å²) in [6, 6.07) is -0.209. The Kier molecular flexibility index (Phi) is 7.70. The van der Waals surface area contributed by atoms with Crippen molar-refractivity contribution >= 4 is 12.0 Å². The predicted molar refractivity (Wildman–Crippen MR) is 74.1 cm³/mol. The lowest BCUT2D eigenvalue weighted by molar-refractivity contribution is -0.137. The van der Waals surface area contributed by atoms with Crippen LogP contribution in [0.1, 0.15) is 51.4 Å². The van der Waals surface area contributed by atoms with Gasteiger partial charge in [0.2, 0.25) is 0 Å². The van der Waals surface area contributed by atoms with Crippen molar-refractivity contribution in [2.45, 2.75) is 51.4 Å². The molecule has 0 aliphatic heterocycles. The molecule has 0 bridgehead atoms. The Labute approximate surface area is 114 Å². The molecule has 5 heteroatoms. The highest BCUT2D eigenvalue weighted by atomic mass is 16.4. The van der Waals surface area contributed by atoms with Gasteiger partial charge in [0.1, 0.15) is 0 Å². The number of carboxylic acids is 1. The fraction of sp³-hybridized carbons (Fsp3) is 0.714. The molecule has 0 unspecified atom stereocenters. The monoisotopic (exact) mass is 268 g/mol. The van der Waals surface area contributed by atoms with Crippen LogP contribution in [0.3, 0.4) is 0 Å². The zero-order valence-electron chi connectivity index (χ0n) is 11.4. The molecule has 0 aromatic heterocycles. The number of amides is 2. The summed E-state index contributed by atoms with van der Waals surface area (Å²) in [4.78, 5) is 21.7. The van der Waals surface area contributed by atoms with Crippen molar-refractivity contribution in [3.8, 4) is 0 Å². The minimum atomic E-state index is -0.831. The highest BCUT2D eigenvalue weighted by molar-refractivity contribution is 5.73. The number of aliphatic carboxylic acids is 1. The van der Waals surface area contributed by atoms with E-state index in [9.17, 15) is 9.59 Å². The van der Waals surface area contributed by atoms with Crippen LogP contribution >= 0.6 is 0 Å². The van der Waals surface area contributed by atoms with Gasteiger partial charge < -0.3 is 15.7 Å². The summed E-state index contributed by atoms with van der Waals surface area (Å²) in [5.74, 6) is -0.831. The van der Waals surface area contributed by atoms with Gasteiger partial charge in [-0.15, -0.1) is 0 Å². The third-order valence-corrected chi connectivity index (χ3v) is 3.22. The van der Waals surface area contributed by atoms with Crippen LogP contribution < -0.4 is 10.6 Å². The molecule has 1 aliphatic carbocycles. The van der Waals surface area contributed by atoms with Crippen LogP contribution in [0.25, 0.3) is 0 Å². The Hall–Kier alpha value is -1.52. The van der Waals surface area contributed by atoms with Crippen molar-refractivity contribution < 1.29 is 14.7 Å². The van der Waals surface area contributed by atoms with E-state index in [1.807, 2.05) is 0 Å². The number of carbonyl (C=O) groups is 2. The first-order valence-electron chi connectivity index (χ1n) is 7.10. The minimum absolute atomic E-state index is 0.0904. The molecule has 0 atom stereocenters. The third kappa shape index (κ3) is 8.24. The Balaban J connectivity index is 2.03. The second-order valence-corrected chi connectivity index (χ2v) is 4.89. The summed E-state index contributed by atoms with van der Waals surface area (Å²) >= 11 is 0. The molecule has 0 radical (unpaired) electrons. The molecule has 0 saturated carbocycles. The average Bonchev–Trinajstić information content (AvgIpc) is 2.63. The van der Waals surface area contributed by atoms with Crippen LogP contribution in [-0.2, 0) is 4.79 Å². The van der Waals surface area contributed by atoms with Gasteiger partial charge in [-0.05, 0) is 38.5 Å². The van der Waals surface area contributed by atoms with E-state index >= 15 is 0 Å². The third-order valence-electron chi connectivity index (χ3n) is 3.22. The van der Waals surface area contributed by atoms with E-state index in [2.05, 4.69) is 16.7 Å². The first-order chi connectivity index (χ1) is 9.18. The number of carbonyl (C=O) groups excluding carboxylic acids is 1. The quantitative estimate of drug-likeness (QED) is 0.490. The molecular weight excluding hydrogens is 244 g/mol. The lowest BCUT2D eigenvalue weighted by Crippen LogP contribution is -2.36. The first kappa shape index (κ1) is 15.5. The summed E-state index contributed by atoms with van der Waals surface area (Å²) in [6.07, 6.45) is 9.94. The van der Waals surface area contributed by atoms with E-state index in [4.69, 9.17) is 5.11 Å². The lowest BCUT2D eigenvalue weighted by atomic mass is 10.1. The molecule has 0 spiro atoms. The van der Waals surface area contributed by atoms with Crippen molar-refractivity contribution in [1.29, 1.82) is 0 Å². The van der Waals surface area contributed by atoms with E-state index in [0.717, 1.165) is 19.3 Å². The number of allylic oxidation sites excluding steroid dienone is 1. The zero-order chi connectivity index (χ0) is 13.9. The maximum Gasteiger partial charge on any atom is 0.314 e. The molecule has 19 heavy (non-hydrogen) atoms. The van der Waals surface area contributed by atoms with Crippen molar-refractivity contribution in [2.24, 2.45) is 0 Å². The van der Waals surface area contributed by atoms with Gasteiger partial charge in [-0.3, -0.25) is 4.79 Å². The van der Waals surface area contributed by atoms with Crippen LogP contribution in [0.4, 0.5) is 4.79 Å². The van der Waals surface area contributed by atoms with E-state index in [1.165, 1.54) is 24.8 Å². The number of hydrogen-bond donors (Lipinski definition) is 3. The molecule has 0 aromatic rings. The topological polar surface area (TPSA) is 78.4 Å². The number of carboxylic acid groups (broad SMARTS) is 1. The second kappa shape index (κ2) is 9.42. The van der Waals surface area contributed by atoms with Crippen molar-refractivity contribution in [3.63, 3.8) is 0 Å². The molecule has 2 amide bonds. The van der Waals surface area contributed by atoms with Gasteiger partial charge in [-0.25, -0.2) is 4.79 Å². The highest BCUT2D eigenvalue weighted by Crippen LogP contribution is 2.18. The average molecular weight is 268 g/mol. The van der Waals surface area contributed by atoms with Gasteiger partial charge in [-0.1, -0.05) is 18.1 Å². The maximum atomic E-state index is 11.4. The molecule has 1 rings (SSSR count). The summed E-state index contributed by atoms with van der Waals surface area (Å²) in [6.45, 7) is 1.05. The van der Waals surface area contributed by atoms with E-state index < -0.39 is 5.97 Å². The largest absolute Gasteiger partial charge is 0.481 e. The van der Waals surface area contributed by atoms with Gasteiger partial charge in [0.25, 0.3) is 0 Å². The fourth-order valence-electron chi connectivity index (χ4n) is 2.15. The van der Waals surface area contributed by atoms with Crippen molar-refractivity contribution in [3.05, 3.63) is 11.6 Å². The van der Waals surface area contributed by atoms with Gasteiger partial charge in [0.05, 0.1) is 0 Å². The van der Waals surface area contributed by atoms with Crippen molar-refractivity contribution in [1.82, 2.24) is 10.6 Å². The zero-order valence-corrected chi connectivity index (χ0v) is 11.4. The predicted octanol–water partition coefficient (Wildman–Crippen LogP) is 2.43. The van der Waals surface area contributed by atoms with Crippen LogP contribution in [-0.4, -0.2) is 30.2 Å². The summed E-state index contributed by atoms with van der Waals surface area (Å²) in [5, 5.41) is 13.9. The smallest absolute Gasteiger partial charge is 0.314 e. The molecule has 3 N–H and O–H groups in total. The SMILES string of the molecule is O=C(O)CCCNC(=O)NCCC1=CCCCCC1. The Bertz CT molecular complexity index is 327. The molecule has 0 saturated heterocycles. The number of urea groups is 1. The Morgan fingerprint density at radius 2 is 1.95 bits per heavy atom. The number of hydrogen-bond acceptors (Lipinski definition) is 2. The molecule has 0 fully saturated rings. The Morgan fingerprint density at radius 3 is 2.74 bits per heavy atom. The van der Waals surface area contributed by atoms with Gasteiger partial charge in [0.15, 0.2) is 0 Å². The number of nitrogens with one attached hydrogen (secondary N) is 2. The minimum Gasteiger partial charge on any atom is -0.481 e. The standard InChI is InChI=1S/C14H24N2O3/c17-13(18)8-5-10-15-14(19)16-11-9-12-6-3-1-2-4-7-12/h6H,1-5,7-11H2,(H,17,18)(H2,15,16,19). The van der Waals surface area contributed by atoms with E-state index in [1.54, 1.807) is 0 Å². The molecule has 108 valence electrons. The van der Waals surface area contributed by atoms with Gasteiger partial charge in [-0.2, -0.15) is 0 Å². The van der Waals surface area contributed by atoms with Gasteiger partial charge in [0, 0.05) is 19.5 Å². The molecule has 5 nitrogen and oxygen atoms in total. The maximum absolute atomic E-state index is 11.4. The Morgan fingerprint density at radius 1 is 1.16 bits per heavy atom. The van der Waals surface area contributed by atoms with Crippen LogP contribution in [0.5, 0.6) is 0 Å². The van der Waals surface area contributed by atoms with Crippen LogP contribution in [0.15, 0.2) is 11.6 Å². The van der Waals surface area contributed by atoms with Crippen LogP contribution in [0, 0.1) is 0 Å². The van der Waals surface area contributed by atoms with E-state index in [0.29, 0.717) is 19.5 Å². The fourth-order valence-corrected chi connectivity index (χ4v) is 2.15. The summed E-state index contributed by atoms with van der Waals surface area (Å²) < 4.78 is 0.